The summed E-state index contributed by atoms with van der Waals surface area (Å²) in [4.78, 5) is 13.5. The maximum atomic E-state index is 12.3. The SMILES string of the molecule is CCC(C)C(C)(O)CNC(=O)C1CSc2ccccc21. The van der Waals surface area contributed by atoms with Crippen molar-refractivity contribution in [3.8, 4) is 0 Å². The van der Waals surface area contributed by atoms with Crippen molar-refractivity contribution in [3.05, 3.63) is 29.8 Å². The van der Waals surface area contributed by atoms with Gasteiger partial charge in [-0.05, 0) is 24.5 Å². The molecule has 0 fully saturated rings. The van der Waals surface area contributed by atoms with Gasteiger partial charge in [0, 0.05) is 17.2 Å². The van der Waals surface area contributed by atoms with Gasteiger partial charge in [-0.1, -0.05) is 38.5 Å². The lowest BCUT2D eigenvalue weighted by atomic mass is 9.88. The average Bonchev–Trinajstić information content (AvgIpc) is 2.88. The van der Waals surface area contributed by atoms with Crippen molar-refractivity contribution in [3.63, 3.8) is 0 Å². The van der Waals surface area contributed by atoms with E-state index in [4.69, 9.17) is 0 Å². The van der Waals surface area contributed by atoms with E-state index in [-0.39, 0.29) is 17.7 Å². The van der Waals surface area contributed by atoms with Crippen molar-refractivity contribution in [1.82, 2.24) is 5.32 Å². The van der Waals surface area contributed by atoms with Crippen LogP contribution in [-0.2, 0) is 4.79 Å². The fourth-order valence-electron chi connectivity index (χ4n) is 2.38. The summed E-state index contributed by atoms with van der Waals surface area (Å²) in [6.07, 6.45) is 0.894. The first-order chi connectivity index (χ1) is 9.45. The molecular weight excluding hydrogens is 270 g/mol. The summed E-state index contributed by atoms with van der Waals surface area (Å²) in [6, 6.07) is 8.05. The smallest absolute Gasteiger partial charge is 0.228 e. The molecule has 0 spiro atoms. The molecule has 1 amide bonds. The Labute approximate surface area is 125 Å². The third-order valence-electron chi connectivity index (χ3n) is 4.31. The van der Waals surface area contributed by atoms with Crippen molar-refractivity contribution in [2.45, 2.75) is 43.6 Å². The average molecular weight is 293 g/mol. The van der Waals surface area contributed by atoms with Gasteiger partial charge in [0.05, 0.1) is 11.5 Å². The Bertz CT molecular complexity index is 487. The van der Waals surface area contributed by atoms with Crippen LogP contribution < -0.4 is 5.32 Å². The van der Waals surface area contributed by atoms with Crippen LogP contribution in [-0.4, -0.2) is 28.9 Å². The zero-order chi connectivity index (χ0) is 14.8. The number of rotatable bonds is 5. The summed E-state index contributed by atoms with van der Waals surface area (Å²) < 4.78 is 0. The molecule has 0 radical (unpaired) electrons. The molecule has 3 atom stereocenters. The molecule has 1 aromatic rings. The van der Waals surface area contributed by atoms with Crippen molar-refractivity contribution < 1.29 is 9.90 Å². The molecule has 0 aliphatic carbocycles. The lowest BCUT2D eigenvalue weighted by Crippen LogP contribution is -2.46. The molecule has 1 aliphatic rings. The third kappa shape index (κ3) is 3.18. The van der Waals surface area contributed by atoms with Crippen LogP contribution in [0.2, 0.25) is 0 Å². The second-order valence-corrected chi connectivity index (χ2v) is 6.85. The highest BCUT2D eigenvalue weighted by Crippen LogP contribution is 2.39. The quantitative estimate of drug-likeness (QED) is 0.877. The van der Waals surface area contributed by atoms with Crippen molar-refractivity contribution >= 4 is 17.7 Å². The van der Waals surface area contributed by atoms with Gasteiger partial charge in [0.25, 0.3) is 0 Å². The highest BCUT2D eigenvalue weighted by Gasteiger charge is 2.32. The second-order valence-electron chi connectivity index (χ2n) is 5.79. The van der Waals surface area contributed by atoms with Crippen molar-refractivity contribution in [2.24, 2.45) is 5.92 Å². The molecule has 1 aliphatic heterocycles. The molecule has 3 nitrogen and oxygen atoms in total. The van der Waals surface area contributed by atoms with E-state index in [0.717, 1.165) is 17.7 Å². The van der Waals surface area contributed by atoms with Crippen LogP contribution in [0.5, 0.6) is 0 Å². The van der Waals surface area contributed by atoms with E-state index >= 15 is 0 Å². The largest absolute Gasteiger partial charge is 0.388 e. The number of fused-ring (bicyclic) bond motifs is 1. The van der Waals surface area contributed by atoms with Gasteiger partial charge in [0.2, 0.25) is 5.91 Å². The van der Waals surface area contributed by atoms with E-state index in [9.17, 15) is 9.90 Å². The van der Waals surface area contributed by atoms with Crippen LogP contribution in [0.15, 0.2) is 29.2 Å². The van der Waals surface area contributed by atoms with E-state index in [1.54, 1.807) is 18.7 Å². The molecule has 1 heterocycles. The van der Waals surface area contributed by atoms with Gasteiger partial charge in [0.1, 0.15) is 0 Å². The Balaban J connectivity index is 1.97. The number of amides is 1. The van der Waals surface area contributed by atoms with Gasteiger partial charge in [-0.25, -0.2) is 0 Å². The van der Waals surface area contributed by atoms with Gasteiger partial charge in [-0.3, -0.25) is 4.79 Å². The maximum absolute atomic E-state index is 12.3. The summed E-state index contributed by atoms with van der Waals surface area (Å²) in [5.74, 6) is 0.874. The molecule has 110 valence electrons. The molecule has 1 aromatic carbocycles. The minimum atomic E-state index is -0.852. The number of nitrogens with one attached hydrogen (secondary N) is 1. The van der Waals surface area contributed by atoms with Crippen molar-refractivity contribution in [2.75, 3.05) is 12.3 Å². The summed E-state index contributed by atoms with van der Waals surface area (Å²) in [6.45, 7) is 6.15. The number of carbonyl (C=O) groups excluding carboxylic acids is 1. The van der Waals surface area contributed by atoms with E-state index < -0.39 is 5.60 Å². The van der Waals surface area contributed by atoms with Crippen LogP contribution >= 0.6 is 11.8 Å². The highest BCUT2D eigenvalue weighted by molar-refractivity contribution is 7.99. The van der Waals surface area contributed by atoms with Crippen LogP contribution in [0.25, 0.3) is 0 Å². The van der Waals surface area contributed by atoms with Gasteiger partial charge < -0.3 is 10.4 Å². The molecule has 0 aromatic heterocycles. The van der Waals surface area contributed by atoms with Crippen LogP contribution in [0, 0.1) is 5.92 Å². The molecule has 0 saturated heterocycles. The zero-order valence-corrected chi connectivity index (χ0v) is 13.2. The van der Waals surface area contributed by atoms with Crippen LogP contribution in [0.4, 0.5) is 0 Å². The Morgan fingerprint density at radius 2 is 2.25 bits per heavy atom. The van der Waals surface area contributed by atoms with E-state index in [1.807, 2.05) is 32.0 Å². The van der Waals surface area contributed by atoms with E-state index in [1.165, 1.54) is 4.90 Å². The Morgan fingerprint density at radius 3 is 2.95 bits per heavy atom. The minimum absolute atomic E-state index is 0.0195. The maximum Gasteiger partial charge on any atom is 0.228 e. The van der Waals surface area contributed by atoms with Crippen LogP contribution in [0.3, 0.4) is 0 Å². The van der Waals surface area contributed by atoms with Gasteiger partial charge >= 0.3 is 0 Å². The minimum Gasteiger partial charge on any atom is -0.388 e. The van der Waals surface area contributed by atoms with Crippen LogP contribution in [0.1, 0.15) is 38.7 Å². The first-order valence-corrected chi connectivity index (χ1v) is 8.16. The predicted molar refractivity (Wildman–Crippen MR) is 83.0 cm³/mol. The molecule has 20 heavy (non-hydrogen) atoms. The fourth-order valence-corrected chi connectivity index (χ4v) is 3.61. The van der Waals surface area contributed by atoms with E-state index in [2.05, 4.69) is 11.4 Å². The first-order valence-electron chi connectivity index (χ1n) is 7.17. The molecule has 0 bridgehead atoms. The number of hydrogen-bond acceptors (Lipinski definition) is 3. The number of carbonyl (C=O) groups is 1. The van der Waals surface area contributed by atoms with Gasteiger partial charge in [-0.15, -0.1) is 11.8 Å². The number of benzene rings is 1. The monoisotopic (exact) mass is 293 g/mol. The first kappa shape index (κ1) is 15.4. The summed E-state index contributed by atoms with van der Waals surface area (Å²) in [5, 5.41) is 13.3. The molecule has 2 N–H and O–H groups in total. The standard InChI is InChI=1S/C16H23NO2S/c1-4-11(2)16(3,19)10-17-15(18)13-9-20-14-8-6-5-7-12(13)14/h5-8,11,13,19H,4,9-10H2,1-3H3,(H,17,18). The second kappa shape index (κ2) is 6.19. The van der Waals surface area contributed by atoms with E-state index in [0.29, 0.717) is 6.54 Å². The Morgan fingerprint density at radius 1 is 1.55 bits per heavy atom. The lowest BCUT2D eigenvalue weighted by molar-refractivity contribution is -0.123. The molecule has 3 unspecified atom stereocenters. The molecule has 4 heteroatoms. The third-order valence-corrected chi connectivity index (χ3v) is 5.49. The zero-order valence-electron chi connectivity index (χ0n) is 12.3. The van der Waals surface area contributed by atoms with Crippen molar-refractivity contribution in [1.29, 1.82) is 0 Å². The topological polar surface area (TPSA) is 49.3 Å². The summed E-state index contributed by atoms with van der Waals surface area (Å²) in [7, 11) is 0. The fraction of sp³-hybridized carbons (Fsp3) is 0.562. The Hall–Kier alpha value is -1.00. The lowest BCUT2D eigenvalue weighted by Gasteiger charge is -2.30. The molecule has 2 rings (SSSR count). The van der Waals surface area contributed by atoms with Gasteiger partial charge in [-0.2, -0.15) is 0 Å². The van der Waals surface area contributed by atoms with Gasteiger partial charge in [0.15, 0.2) is 0 Å². The number of aliphatic hydroxyl groups is 1. The number of hydrogen-bond donors (Lipinski definition) is 2. The summed E-state index contributed by atoms with van der Waals surface area (Å²) in [5.41, 5.74) is 0.258. The molecule has 0 saturated carbocycles. The predicted octanol–water partition coefficient (Wildman–Crippen LogP) is 2.79. The summed E-state index contributed by atoms with van der Waals surface area (Å²) >= 11 is 1.73. The Kier molecular flexibility index (Phi) is 4.76. The molecular formula is C16H23NO2S. The highest BCUT2D eigenvalue weighted by atomic mass is 32.2. The number of thioether (sulfide) groups is 1. The normalized spacial score (nSPS) is 21.9.